The highest BCUT2D eigenvalue weighted by Gasteiger charge is 2.50. The van der Waals surface area contributed by atoms with Gasteiger partial charge in [0.05, 0.1) is 23.2 Å². The molecule has 3 heterocycles. The van der Waals surface area contributed by atoms with E-state index in [-0.39, 0.29) is 24.5 Å². The van der Waals surface area contributed by atoms with Gasteiger partial charge in [0.1, 0.15) is 11.8 Å². The summed E-state index contributed by atoms with van der Waals surface area (Å²) >= 11 is 7.32. The van der Waals surface area contributed by atoms with Crippen molar-refractivity contribution in [3.8, 4) is 0 Å². The van der Waals surface area contributed by atoms with E-state index in [0.29, 0.717) is 14.8 Å². The van der Waals surface area contributed by atoms with Gasteiger partial charge in [-0.15, -0.1) is 16.4 Å². The van der Waals surface area contributed by atoms with Crippen LogP contribution >= 0.6 is 22.9 Å². The van der Waals surface area contributed by atoms with E-state index in [1.165, 1.54) is 22.2 Å². The fraction of sp³-hybridized carbons (Fsp3) is 0.588. The van der Waals surface area contributed by atoms with Gasteiger partial charge in [0.25, 0.3) is 0 Å². The minimum Gasteiger partial charge on any atom is -0.393 e. The monoisotopic (exact) mass is 452 g/mol. The number of aromatic nitrogens is 3. The maximum Gasteiger partial charge on any atom is 0.471 e. The molecule has 0 bridgehead atoms. The van der Waals surface area contributed by atoms with Crippen LogP contribution < -0.4 is 0 Å². The van der Waals surface area contributed by atoms with Crippen LogP contribution in [0.4, 0.5) is 13.2 Å². The number of nitrogens with zero attached hydrogens (tertiary/aromatic N) is 4. The van der Waals surface area contributed by atoms with Gasteiger partial charge in [0.2, 0.25) is 0 Å². The maximum atomic E-state index is 13.2. The number of piperidine rings is 1. The summed E-state index contributed by atoms with van der Waals surface area (Å²) in [5, 5.41) is 27.2. The van der Waals surface area contributed by atoms with Crippen molar-refractivity contribution in [2.75, 3.05) is 6.61 Å². The first-order valence-corrected chi connectivity index (χ1v) is 10.1. The molecule has 7 nitrogen and oxygen atoms in total. The lowest BCUT2D eigenvalue weighted by Crippen LogP contribution is -2.51. The molecule has 1 aliphatic rings. The van der Waals surface area contributed by atoms with Crippen LogP contribution in [0, 0.1) is 0 Å². The van der Waals surface area contributed by atoms with Crippen LogP contribution in [-0.4, -0.2) is 54.8 Å². The molecule has 0 aliphatic carbocycles. The van der Waals surface area contributed by atoms with Crippen LogP contribution in [0.25, 0.3) is 0 Å². The van der Waals surface area contributed by atoms with Gasteiger partial charge in [-0.05, 0) is 37.3 Å². The van der Waals surface area contributed by atoms with E-state index in [4.69, 9.17) is 11.6 Å². The molecule has 1 amide bonds. The molecular formula is C17H20ClF3N4O3S. The molecule has 0 radical (unpaired) electrons. The Bertz CT molecular complexity index is 888. The van der Waals surface area contributed by atoms with E-state index >= 15 is 0 Å². The maximum absolute atomic E-state index is 13.2. The third-order valence-corrected chi connectivity index (χ3v) is 6.49. The second-order valence-electron chi connectivity index (χ2n) is 7.13. The standard InChI is InChI=1S/C17H20ClF3N4O3S/c1-8-3-9(15-10(13(27)7-26)5-14(18)29-15)4-12(11-6-24(2)23-22-11)25(8)16(28)17(19,20)21/h5-6,8-9,12-13,26-27H,3-4,7H2,1-2H3/t8-,9?,12-,13+/m0/s1. The summed E-state index contributed by atoms with van der Waals surface area (Å²) in [5.74, 6) is -2.19. The van der Waals surface area contributed by atoms with E-state index in [1.807, 2.05) is 0 Å². The summed E-state index contributed by atoms with van der Waals surface area (Å²) < 4.78 is 41.5. The van der Waals surface area contributed by atoms with Crippen molar-refractivity contribution in [2.24, 2.45) is 7.05 Å². The number of hydrogen-bond acceptors (Lipinski definition) is 6. The van der Waals surface area contributed by atoms with Gasteiger partial charge in [-0.1, -0.05) is 16.8 Å². The number of alkyl halides is 3. The first kappa shape index (κ1) is 22.0. The van der Waals surface area contributed by atoms with Crippen LogP contribution in [-0.2, 0) is 11.8 Å². The number of aryl methyl sites for hydroxylation is 1. The van der Waals surface area contributed by atoms with E-state index in [9.17, 15) is 28.2 Å². The SMILES string of the molecule is C[C@H]1CC(c2sc(Cl)cc2[C@H](O)CO)C[C@@H](c2cn(C)nn2)N1C(=O)C(F)(F)F. The average Bonchev–Trinajstić information content (AvgIpc) is 3.24. The number of aliphatic hydroxyl groups excluding tert-OH is 2. The zero-order chi connectivity index (χ0) is 21.5. The van der Waals surface area contributed by atoms with E-state index in [2.05, 4.69) is 10.3 Å². The lowest BCUT2D eigenvalue weighted by atomic mass is 9.82. The highest BCUT2D eigenvalue weighted by molar-refractivity contribution is 7.16. The van der Waals surface area contributed by atoms with E-state index in [0.717, 1.165) is 4.90 Å². The number of carbonyl (C=O) groups excluding carboxylic acids is 1. The van der Waals surface area contributed by atoms with Crippen molar-refractivity contribution in [2.45, 2.75) is 50.0 Å². The van der Waals surface area contributed by atoms with E-state index in [1.54, 1.807) is 20.0 Å². The molecule has 1 unspecified atom stereocenters. The molecular weight excluding hydrogens is 433 g/mol. The van der Waals surface area contributed by atoms with Gasteiger partial charge in [0.15, 0.2) is 0 Å². The summed E-state index contributed by atoms with van der Waals surface area (Å²) in [5.41, 5.74) is 0.710. The third kappa shape index (κ3) is 4.42. The number of hydrogen-bond donors (Lipinski definition) is 2. The minimum atomic E-state index is -5.01. The largest absolute Gasteiger partial charge is 0.471 e. The number of thiophene rings is 1. The molecule has 1 fully saturated rings. The molecule has 1 aliphatic heterocycles. The second kappa shape index (κ2) is 8.21. The number of rotatable bonds is 4. The van der Waals surface area contributed by atoms with Crippen LogP contribution in [0.5, 0.6) is 0 Å². The van der Waals surface area contributed by atoms with Crippen molar-refractivity contribution in [3.63, 3.8) is 0 Å². The third-order valence-electron chi connectivity index (χ3n) is 5.05. The zero-order valence-electron chi connectivity index (χ0n) is 15.6. The fourth-order valence-corrected chi connectivity index (χ4v) is 5.29. The Morgan fingerprint density at radius 2 is 2.14 bits per heavy atom. The summed E-state index contributed by atoms with van der Waals surface area (Å²) in [6.45, 7) is 1.05. The molecule has 0 saturated carbocycles. The molecule has 0 aromatic carbocycles. The predicted octanol–water partition coefficient (Wildman–Crippen LogP) is 2.95. The number of amides is 1. The molecule has 0 spiro atoms. The highest BCUT2D eigenvalue weighted by atomic mass is 35.5. The first-order chi connectivity index (χ1) is 13.5. The summed E-state index contributed by atoms with van der Waals surface area (Å²) in [6.07, 6.45) is -4.25. The topological polar surface area (TPSA) is 91.5 Å². The van der Waals surface area contributed by atoms with Crippen molar-refractivity contribution < 1.29 is 28.2 Å². The number of carbonyl (C=O) groups is 1. The molecule has 160 valence electrons. The Hall–Kier alpha value is -1.69. The summed E-state index contributed by atoms with van der Waals surface area (Å²) in [6, 6.07) is -0.126. The number of aliphatic hydroxyl groups is 2. The summed E-state index contributed by atoms with van der Waals surface area (Å²) in [7, 11) is 1.59. The van der Waals surface area contributed by atoms with Crippen molar-refractivity contribution >= 4 is 28.8 Å². The fourth-order valence-electron chi connectivity index (χ4n) is 3.86. The smallest absolute Gasteiger partial charge is 0.393 e. The Labute approximate surface area is 173 Å². The van der Waals surface area contributed by atoms with Gasteiger partial charge in [-0.25, -0.2) is 0 Å². The Morgan fingerprint density at radius 3 is 2.69 bits per heavy atom. The molecule has 1 saturated heterocycles. The quantitative estimate of drug-likeness (QED) is 0.744. The number of likely N-dealkylation sites (tertiary alicyclic amines) is 1. The van der Waals surface area contributed by atoms with Crippen LogP contribution in [0.3, 0.4) is 0 Å². The van der Waals surface area contributed by atoms with Gasteiger partial charge in [-0.3, -0.25) is 9.48 Å². The molecule has 29 heavy (non-hydrogen) atoms. The van der Waals surface area contributed by atoms with Crippen LogP contribution in [0.2, 0.25) is 4.34 Å². The normalized spacial score (nSPS) is 24.0. The zero-order valence-corrected chi connectivity index (χ0v) is 17.2. The molecule has 2 aromatic heterocycles. The second-order valence-corrected chi connectivity index (χ2v) is 8.84. The van der Waals surface area contributed by atoms with Crippen LogP contribution in [0.15, 0.2) is 12.3 Å². The van der Waals surface area contributed by atoms with E-state index < -0.39 is 36.9 Å². The lowest BCUT2D eigenvalue weighted by Gasteiger charge is -2.43. The van der Waals surface area contributed by atoms with Gasteiger partial charge in [-0.2, -0.15) is 13.2 Å². The molecule has 2 N–H and O–H groups in total. The van der Waals surface area contributed by atoms with Crippen LogP contribution in [0.1, 0.15) is 54.0 Å². The Morgan fingerprint density at radius 1 is 1.45 bits per heavy atom. The highest BCUT2D eigenvalue weighted by Crippen LogP contribution is 2.47. The summed E-state index contributed by atoms with van der Waals surface area (Å²) in [4.78, 5) is 13.7. The average molecular weight is 453 g/mol. The van der Waals surface area contributed by atoms with Crippen molar-refractivity contribution in [3.05, 3.63) is 32.7 Å². The van der Waals surface area contributed by atoms with Gasteiger partial charge >= 0.3 is 12.1 Å². The molecule has 3 rings (SSSR count). The molecule has 12 heteroatoms. The van der Waals surface area contributed by atoms with Gasteiger partial charge < -0.3 is 15.1 Å². The van der Waals surface area contributed by atoms with Gasteiger partial charge in [0, 0.05) is 18.0 Å². The Kier molecular flexibility index (Phi) is 6.23. The molecule has 2 aromatic rings. The number of halogens is 4. The molecule has 4 atom stereocenters. The van der Waals surface area contributed by atoms with Crippen molar-refractivity contribution in [1.82, 2.24) is 19.9 Å². The first-order valence-electron chi connectivity index (χ1n) is 8.86. The predicted molar refractivity (Wildman–Crippen MR) is 99.5 cm³/mol. The Balaban J connectivity index is 2.01. The van der Waals surface area contributed by atoms with Crippen molar-refractivity contribution in [1.29, 1.82) is 0 Å². The lowest BCUT2D eigenvalue weighted by molar-refractivity contribution is -0.192. The minimum absolute atomic E-state index is 0.160.